The molecule has 1 aliphatic carbocycles. The van der Waals surface area contributed by atoms with Gasteiger partial charge in [0.05, 0.1) is 11.6 Å². The van der Waals surface area contributed by atoms with Crippen LogP contribution in [0.25, 0.3) is 0 Å². The van der Waals surface area contributed by atoms with Crippen LogP contribution in [0, 0.1) is 12.3 Å². The molecular weight excluding hydrogens is 289 g/mol. The molecule has 3 rings (SSSR count). The highest BCUT2D eigenvalue weighted by Gasteiger charge is 2.47. The Labute approximate surface area is 140 Å². The lowest BCUT2D eigenvalue weighted by atomic mass is 9.69. The standard InChI is InChI=1S/C17H30BN3O2/c1-12-15(18-22-11-16(2,3)17(4,5)23-18)10-20-21(12)14-8-6-13(19)7-9-14/h10,13-14H,6-9,11,19H2,1-5H3/t13-,14-. The molecule has 2 aliphatic rings. The fourth-order valence-corrected chi connectivity index (χ4v) is 3.45. The third-order valence-electron chi connectivity index (χ3n) is 6.05. The van der Waals surface area contributed by atoms with Gasteiger partial charge in [0.15, 0.2) is 0 Å². The van der Waals surface area contributed by atoms with Gasteiger partial charge in [0.25, 0.3) is 0 Å². The highest BCUT2D eigenvalue weighted by molar-refractivity contribution is 6.62. The quantitative estimate of drug-likeness (QED) is 0.849. The topological polar surface area (TPSA) is 62.3 Å². The molecular formula is C17H30BN3O2. The summed E-state index contributed by atoms with van der Waals surface area (Å²) >= 11 is 0. The smallest absolute Gasteiger partial charge is 0.407 e. The lowest BCUT2D eigenvalue weighted by Gasteiger charge is -2.47. The van der Waals surface area contributed by atoms with Crippen molar-refractivity contribution in [3.8, 4) is 0 Å². The summed E-state index contributed by atoms with van der Waals surface area (Å²) < 4.78 is 14.4. The van der Waals surface area contributed by atoms with Crippen LogP contribution in [-0.2, 0) is 9.31 Å². The molecule has 0 unspecified atom stereocenters. The van der Waals surface area contributed by atoms with Crippen molar-refractivity contribution in [3.05, 3.63) is 11.9 Å². The van der Waals surface area contributed by atoms with Crippen LogP contribution in [0.1, 0.15) is 65.1 Å². The number of rotatable bonds is 2. The first-order chi connectivity index (χ1) is 10.7. The summed E-state index contributed by atoms with van der Waals surface area (Å²) in [6.07, 6.45) is 6.29. The molecule has 1 saturated heterocycles. The normalized spacial score (nSPS) is 30.4. The van der Waals surface area contributed by atoms with E-state index in [2.05, 4.69) is 44.4 Å². The second kappa shape index (κ2) is 5.90. The van der Waals surface area contributed by atoms with Gasteiger partial charge in [-0.1, -0.05) is 13.8 Å². The second-order valence-electron chi connectivity index (χ2n) is 8.35. The van der Waals surface area contributed by atoms with Gasteiger partial charge in [-0.2, -0.15) is 5.10 Å². The predicted molar refractivity (Wildman–Crippen MR) is 92.7 cm³/mol. The van der Waals surface area contributed by atoms with E-state index in [1.807, 2.05) is 6.20 Å². The first kappa shape index (κ1) is 17.0. The van der Waals surface area contributed by atoms with Crippen LogP contribution in [0.5, 0.6) is 0 Å². The molecule has 6 heteroatoms. The van der Waals surface area contributed by atoms with Crippen molar-refractivity contribution in [3.63, 3.8) is 0 Å². The Morgan fingerprint density at radius 3 is 2.48 bits per heavy atom. The van der Waals surface area contributed by atoms with E-state index in [9.17, 15) is 0 Å². The van der Waals surface area contributed by atoms with Crippen molar-refractivity contribution in [2.45, 2.75) is 78.0 Å². The molecule has 0 aromatic carbocycles. The van der Waals surface area contributed by atoms with Gasteiger partial charge >= 0.3 is 7.12 Å². The molecule has 1 saturated carbocycles. The zero-order chi connectivity index (χ0) is 16.8. The number of nitrogens with two attached hydrogens (primary N) is 1. The van der Waals surface area contributed by atoms with E-state index in [1.165, 1.54) is 0 Å². The molecule has 0 amide bonds. The number of hydrogen-bond donors (Lipinski definition) is 1. The van der Waals surface area contributed by atoms with Crippen LogP contribution >= 0.6 is 0 Å². The SMILES string of the molecule is Cc1c(B2OCC(C)(C)C(C)(C)O2)cnn1[C@H]1CC[C@H](N)CC1. The van der Waals surface area contributed by atoms with E-state index in [1.54, 1.807) is 0 Å². The molecule has 0 radical (unpaired) electrons. The van der Waals surface area contributed by atoms with Crippen molar-refractivity contribution in [1.82, 2.24) is 9.78 Å². The van der Waals surface area contributed by atoms with Crippen molar-refractivity contribution in [2.24, 2.45) is 11.1 Å². The van der Waals surface area contributed by atoms with E-state index < -0.39 is 0 Å². The van der Waals surface area contributed by atoms with Gasteiger partial charge in [-0.15, -0.1) is 0 Å². The molecule has 128 valence electrons. The Morgan fingerprint density at radius 1 is 1.22 bits per heavy atom. The minimum Gasteiger partial charge on any atom is -0.407 e. The van der Waals surface area contributed by atoms with E-state index in [0.29, 0.717) is 18.7 Å². The first-order valence-corrected chi connectivity index (χ1v) is 8.80. The lowest BCUT2D eigenvalue weighted by molar-refractivity contribution is -0.0937. The molecule has 0 spiro atoms. The van der Waals surface area contributed by atoms with Crippen molar-refractivity contribution >= 4 is 12.6 Å². The van der Waals surface area contributed by atoms with Crippen LogP contribution in [0.3, 0.4) is 0 Å². The maximum Gasteiger partial charge on any atom is 0.497 e. The molecule has 23 heavy (non-hydrogen) atoms. The average Bonchev–Trinajstić information content (AvgIpc) is 2.85. The third kappa shape index (κ3) is 3.09. The lowest BCUT2D eigenvalue weighted by Crippen LogP contribution is -2.58. The highest BCUT2D eigenvalue weighted by Crippen LogP contribution is 2.38. The Kier molecular flexibility index (Phi) is 4.36. The first-order valence-electron chi connectivity index (χ1n) is 8.80. The van der Waals surface area contributed by atoms with Gasteiger partial charge in [-0.05, 0) is 46.5 Å². The van der Waals surface area contributed by atoms with Gasteiger partial charge in [0, 0.05) is 35.4 Å². The van der Waals surface area contributed by atoms with Crippen LogP contribution in [0.4, 0.5) is 0 Å². The average molecular weight is 319 g/mol. The molecule has 2 heterocycles. The van der Waals surface area contributed by atoms with Crippen LogP contribution in [0.2, 0.25) is 0 Å². The van der Waals surface area contributed by atoms with E-state index in [0.717, 1.165) is 36.8 Å². The van der Waals surface area contributed by atoms with Gasteiger partial charge in [-0.25, -0.2) is 0 Å². The third-order valence-corrected chi connectivity index (χ3v) is 6.05. The van der Waals surface area contributed by atoms with Crippen molar-refractivity contribution in [1.29, 1.82) is 0 Å². The molecule has 1 aliphatic heterocycles. The summed E-state index contributed by atoms with van der Waals surface area (Å²) in [4.78, 5) is 0. The Bertz CT molecular complexity index is 562. The minimum absolute atomic E-state index is 0.00704. The molecule has 1 aromatic rings. The largest absolute Gasteiger partial charge is 0.497 e. The highest BCUT2D eigenvalue weighted by atomic mass is 16.6. The predicted octanol–water partition coefficient (Wildman–Crippen LogP) is 2.18. The summed E-state index contributed by atoms with van der Waals surface area (Å²) in [6.45, 7) is 11.5. The number of aromatic nitrogens is 2. The molecule has 0 atom stereocenters. The zero-order valence-corrected chi connectivity index (χ0v) is 15.1. The van der Waals surface area contributed by atoms with Crippen LogP contribution in [0.15, 0.2) is 6.20 Å². The fourth-order valence-electron chi connectivity index (χ4n) is 3.45. The molecule has 2 fully saturated rings. The van der Waals surface area contributed by atoms with Crippen LogP contribution < -0.4 is 11.2 Å². The second-order valence-corrected chi connectivity index (χ2v) is 8.35. The van der Waals surface area contributed by atoms with E-state index >= 15 is 0 Å². The number of nitrogens with zero attached hydrogens (tertiary/aromatic N) is 2. The van der Waals surface area contributed by atoms with Crippen molar-refractivity contribution < 1.29 is 9.31 Å². The Balaban J connectivity index is 1.77. The van der Waals surface area contributed by atoms with Gasteiger partial charge in [-0.3, -0.25) is 4.68 Å². The summed E-state index contributed by atoms with van der Waals surface area (Å²) in [5.74, 6) is 0. The summed E-state index contributed by atoms with van der Waals surface area (Å²) in [6, 6.07) is 0.811. The molecule has 1 aromatic heterocycles. The zero-order valence-electron chi connectivity index (χ0n) is 15.1. The number of hydrogen-bond acceptors (Lipinski definition) is 4. The summed E-state index contributed by atoms with van der Waals surface area (Å²) in [7, 11) is -0.322. The summed E-state index contributed by atoms with van der Waals surface area (Å²) in [5, 5.41) is 4.64. The summed E-state index contributed by atoms with van der Waals surface area (Å²) in [5.41, 5.74) is 8.00. The van der Waals surface area contributed by atoms with Gasteiger partial charge in [0.2, 0.25) is 0 Å². The Hall–Kier alpha value is -0.845. The maximum atomic E-state index is 6.28. The fraction of sp³-hybridized carbons (Fsp3) is 0.824. The van der Waals surface area contributed by atoms with Crippen LogP contribution in [-0.4, -0.2) is 35.1 Å². The van der Waals surface area contributed by atoms with Gasteiger partial charge < -0.3 is 15.0 Å². The molecule has 5 nitrogen and oxygen atoms in total. The maximum absolute atomic E-state index is 6.28. The molecule has 2 N–H and O–H groups in total. The monoisotopic (exact) mass is 319 g/mol. The Morgan fingerprint density at radius 2 is 1.87 bits per heavy atom. The van der Waals surface area contributed by atoms with Crippen molar-refractivity contribution in [2.75, 3.05) is 6.61 Å². The van der Waals surface area contributed by atoms with E-state index in [4.69, 9.17) is 15.0 Å². The van der Waals surface area contributed by atoms with Gasteiger partial charge in [0.1, 0.15) is 0 Å². The van der Waals surface area contributed by atoms with E-state index in [-0.39, 0.29) is 18.1 Å². The minimum atomic E-state index is -0.322. The molecule has 0 bridgehead atoms.